The number of carbonyl (C=O) groups is 3. The van der Waals surface area contributed by atoms with E-state index in [4.69, 9.17) is 29.0 Å². The highest BCUT2D eigenvalue weighted by Gasteiger charge is 2.47. The van der Waals surface area contributed by atoms with Gasteiger partial charge in [-0.1, -0.05) is 51.9 Å². The Morgan fingerprint density at radius 2 is 1.60 bits per heavy atom. The molecule has 0 aromatic carbocycles. The van der Waals surface area contributed by atoms with Crippen molar-refractivity contribution < 1.29 is 33.3 Å². The Labute approximate surface area is 357 Å². The molecular weight excluding hydrogens is 797 g/mol. The molecule has 0 spiro atoms. The second kappa shape index (κ2) is 17.6. The molecule has 3 aliphatic heterocycles. The van der Waals surface area contributed by atoms with Crippen molar-refractivity contribution >= 4 is 51.4 Å². The molecular formula is C43H66N8O7Si2. The van der Waals surface area contributed by atoms with E-state index >= 15 is 0 Å². The van der Waals surface area contributed by atoms with E-state index in [0.29, 0.717) is 55.6 Å². The first-order chi connectivity index (χ1) is 28.1. The molecule has 2 bridgehead atoms. The Balaban J connectivity index is 1.49. The molecule has 3 atom stereocenters. The third kappa shape index (κ3) is 10.2. The van der Waals surface area contributed by atoms with Gasteiger partial charge in [0.2, 0.25) is 0 Å². The molecule has 6 rings (SSSR count). The summed E-state index contributed by atoms with van der Waals surface area (Å²) < 4.78 is 27.0. The monoisotopic (exact) mass is 862 g/mol. The first-order valence-corrected chi connectivity index (χ1v) is 28.8. The summed E-state index contributed by atoms with van der Waals surface area (Å²) in [5.41, 5.74) is 2.10. The largest absolute Gasteiger partial charge is 0.494 e. The molecule has 17 heteroatoms. The summed E-state index contributed by atoms with van der Waals surface area (Å²) >= 11 is 0. The van der Waals surface area contributed by atoms with Crippen LogP contribution >= 0.6 is 0 Å². The normalized spacial score (nSPS) is 21.9. The number of fused-ring (bicyclic) bond motifs is 3. The number of rotatable bonds is 17. The first kappa shape index (κ1) is 45.2. The van der Waals surface area contributed by atoms with Crippen molar-refractivity contribution in [2.75, 3.05) is 38.2 Å². The molecule has 3 fully saturated rings. The fourth-order valence-electron chi connectivity index (χ4n) is 8.15. The van der Waals surface area contributed by atoms with Crippen molar-refractivity contribution in [2.45, 2.75) is 141 Å². The Hall–Kier alpha value is -4.33. The van der Waals surface area contributed by atoms with Gasteiger partial charge in [0.05, 0.1) is 29.8 Å². The van der Waals surface area contributed by atoms with E-state index in [-0.39, 0.29) is 37.6 Å². The van der Waals surface area contributed by atoms with Gasteiger partial charge in [0.1, 0.15) is 30.6 Å². The number of carbonyl (C=O) groups excluding carboxylic acids is 3. The van der Waals surface area contributed by atoms with E-state index in [0.717, 1.165) is 47.3 Å². The van der Waals surface area contributed by atoms with E-state index in [2.05, 4.69) is 66.4 Å². The minimum atomic E-state index is -1.39. The average molecular weight is 863 g/mol. The Morgan fingerprint density at radius 3 is 2.10 bits per heavy atom. The number of aromatic nitrogens is 4. The molecule has 3 saturated heterocycles. The van der Waals surface area contributed by atoms with Gasteiger partial charge >= 0.3 is 12.1 Å². The second-order valence-corrected chi connectivity index (χ2v) is 31.2. The summed E-state index contributed by atoms with van der Waals surface area (Å²) in [5.74, 6) is 0.659. The van der Waals surface area contributed by atoms with Crippen LogP contribution in [0.2, 0.25) is 51.4 Å². The van der Waals surface area contributed by atoms with Crippen molar-refractivity contribution in [1.29, 1.82) is 0 Å². The summed E-state index contributed by atoms with van der Waals surface area (Å²) in [6.45, 7) is 29.9. The fourth-order valence-corrected chi connectivity index (χ4v) is 9.66. The zero-order valence-electron chi connectivity index (χ0n) is 37.6. The molecule has 60 heavy (non-hydrogen) atoms. The number of hydrogen-bond acceptors (Lipinski definition) is 11. The molecule has 2 N–H and O–H groups in total. The van der Waals surface area contributed by atoms with Crippen LogP contribution in [-0.2, 0) is 29.3 Å². The van der Waals surface area contributed by atoms with Crippen molar-refractivity contribution in [3.8, 4) is 11.1 Å². The molecule has 0 radical (unpaired) electrons. The van der Waals surface area contributed by atoms with Crippen molar-refractivity contribution in [3.05, 3.63) is 48.1 Å². The van der Waals surface area contributed by atoms with Gasteiger partial charge in [0.15, 0.2) is 11.2 Å². The maximum atomic E-state index is 13.6. The van der Waals surface area contributed by atoms with E-state index in [1.165, 1.54) is 0 Å². The van der Waals surface area contributed by atoms with E-state index in [1.807, 2.05) is 43.2 Å². The van der Waals surface area contributed by atoms with Gasteiger partial charge < -0.3 is 34.1 Å². The van der Waals surface area contributed by atoms with Gasteiger partial charge in [-0.15, -0.1) is 0 Å². The topological polar surface area (TPSA) is 162 Å². The summed E-state index contributed by atoms with van der Waals surface area (Å²) in [6, 6.07) is 5.03. The molecule has 0 saturated carbocycles. The molecule has 3 aliphatic rings. The van der Waals surface area contributed by atoms with Crippen LogP contribution in [0, 0.1) is 0 Å². The SMILES string of the molecule is C=C(OCC)c1c(C2CC3CCC(C2)N3C(=O)OC(C)(C)C)nc2c(-c3ccc(C4(C)NC(=O)NC4=O)nc3)cnn2c1N(COCC[Si](C)(C)C)COCC[Si](C)(C)C. The maximum Gasteiger partial charge on any atom is 0.410 e. The molecule has 15 nitrogen and oxygen atoms in total. The second-order valence-electron chi connectivity index (χ2n) is 20.0. The standard InChI is InChI=1S/C43H66N8O7Si2/c1-13-57-28(2)35-36(30-22-31-15-16-32(23-30)50(31)41(54)58-42(3,4)5)46-37-33(29-14-17-34(44-24-29)43(6)39(52)47-40(53)48-43)25-45-51(37)38(35)49(26-55-18-20-59(7,8)9)27-56-19-21-60(10,11)12/h14,17,24-25,30-32H,2,13,15-16,18-23,26-27H2,1,3-12H3,(H2,47,48,52,53). The zero-order valence-corrected chi connectivity index (χ0v) is 39.6. The lowest BCUT2D eigenvalue weighted by Crippen LogP contribution is -2.48. The predicted octanol–water partition coefficient (Wildman–Crippen LogP) is 7.93. The third-order valence-electron chi connectivity index (χ3n) is 11.4. The number of nitrogens with one attached hydrogen (secondary N) is 2. The number of hydrogen-bond donors (Lipinski definition) is 2. The smallest absolute Gasteiger partial charge is 0.410 e. The predicted molar refractivity (Wildman–Crippen MR) is 238 cm³/mol. The number of piperidine rings is 1. The molecule has 0 aliphatic carbocycles. The average Bonchev–Trinajstić information content (AvgIpc) is 3.78. The molecule has 328 valence electrons. The van der Waals surface area contributed by atoms with Crippen LogP contribution in [0.4, 0.5) is 15.4 Å². The summed E-state index contributed by atoms with van der Waals surface area (Å²) in [7, 11) is -2.77. The van der Waals surface area contributed by atoms with Crippen LogP contribution < -0.4 is 15.5 Å². The van der Waals surface area contributed by atoms with Crippen LogP contribution in [0.1, 0.15) is 83.2 Å². The van der Waals surface area contributed by atoms with Crippen LogP contribution in [-0.4, -0.2) is 110 Å². The molecule has 3 aromatic rings. The highest BCUT2D eigenvalue weighted by Crippen LogP contribution is 2.47. The number of urea groups is 1. The van der Waals surface area contributed by atoms with Crippen LogP contribution in [0.15, 0.2) is 31.1 Å². The van der Waals surface area contributed by atoms with E-state index in [9.17, 15) is 14.4 Å². The summed E-state index contributed by atoms with van der Waals surface area (Å²) in [6.07, 6.45) is 6.33. The Kier molecular flexibility index (Phi) is 13.2. The minimum absolute atomic E-state index is 0.0139. The van der Waals surface area contributed by atoms with Gasteiger partial charge in [-0.3, -0.25) is 15.1 Å². The van der Waals surface area contributed by atoms with Gasteiger partial charge in [0, 0.05) is 64.7 Å². The fraction of sp³-hybridized carbons (Fsp3) is 0.628. The number of nitrogens with zero attached hydrogens (tertiary/aromatic N) is 6. The van der Waals surface area contributed by atoms with E-state index < -0.39 is 39.2 Å². The molecule has 4 amide bonds. The Morgan fingerprint density at radius 1 is 0.983 bits per heavy atom. The molecule has 3 aromatic heterocycles. The van der Waals surface area contributed by atoms with Crippen LogP contribution in [0.3, 0.4) is 0 Å². The maximum absolute atomic E-state index is 13.6. The molecule has 3 unspecified atom stereocenters. The number of amides is 4. The summed E-state index contributed by atoms with van der Waals surface area (Å²) in [5, 5.41) is 9.99. The lowest BCUT2D eigenvalue weighted by molar-refractivity contribution is -0.123. The molecule has 6 heterocycles. The Bertz CT molecular complexity index is 2040. The van der Waals surface area contributed by atoms with Gasteiger partial charge in [-0.2, -0.15) is 9.61 Å². The zero-order chi connectivity index (χ0) is 43.8. The number of ether oxygens (including phenoxy) is 4. The third-order valence-corrected chi connectivity index (χ3v) is 14.8. The minimum Gasteiger partial charge on any atom is -0.494 e. The van der Waals surface area contributed by atoms with Gasteiger partial charge in [0.25, 0.3) is 5.91 Å². The van der Waals surface area contributed by atoms with Crippen LogP contribution in [0.5, 0.6) is 0 Å². The van der Waals surface area contributed by atoms with Crippen LogP contribution in [0.25, 0.3) is 22.5 Å². The first-order valence-electron chi connectivity index (χ1n) is 21.3. The number of anilines is 1. The summed E-state index contributed by atoms with van der Waals surface area (Å²) in [4.78, 5) is 52.6. The van der Waals surface area contributed by atoms with Crippen molar-refractivity contribution in [2.24, 2.45) is 0 Å². The quantitative estimate of drug-likeness (QED) is 0.0446. The number of pyridine rings is 1. The van der Waals surface area contributed by atoms with Crippen molar-refractivity contribution in [1.82, 2.24) is 35.1 Å². The highest BCUT2D eigenvalue weighted by molar-refractivity contribution is 6.76. The lowest BCUT2D eigenvalue weighted by Gasteiger charge is -2.40. The highest BCUT2D eigenvalue weighted by atomic mass is 28.3. The van der Waals surface area contributed by atoms with Gasteiger partial charge in [-0.25, -0.2) is 14.6 Å². The van der Waals surface area contributed by atoms with E-state index in [1.54, 1.807) is 25.4 Å². The number of imide groups is 1. The van der Waals surface area contributed by atoms with Gasteiger partial charge in [-0.05, 0) is 78.5 Å². The van der Waals surface area contributed by atoms with Crippen molar-refractivity contribution in [3.63, 3.8) is 0 Å². The lowest BCUT2D eigenvalue weighted by atomic mass is 9.85.